The van der Waals surface area contributed by atoms with Crippen LogP contribution >= 0.6 is 0 Å². The maximum absolute atomic E-state index is 10.9. The van der Waals surface area contributed by atoms with Crippen molar-refractivity contribution in [3.63, 3.8) is 0 Å². The topological polar surface area (TPSA) is 26.3 Å². The van der Waals surface area contributed by atoms with E-state index in [-0.39, 0.29) is 0 Å². The van der Waals surface area contributed by atoms with Crippen molar-refractivity contribution in [3.8, 4) is 0 Å². The summed E-state index contributed by atoms with van der Waals surface area (Å²) in [6.45, 7) is 8.78. The van der Waals surface area contributed by atoms with E-state index in [0.29, 0.717) is 11.8 Å². The van der Waals surface area contributed by atoms with E-state index in [1.165, 1.54) is 43.0 Å². The summed E-state index contributed by atoms with van der Waals surface area (Å²) in [7, 11) is 0. The first kappa shape index (κ1) is 20.5. The first-order valence-corrected chi connectivity index (χ1v) is 17.8. The van der Waals surface area contributed by atoms with Crippen molar-refractivity contribution in [3.05, 3.63) is 0 Å². The number of rotatable bonds is 13. The molecule has 2 nitrogen and oxygen atoms in total. The fourth-order valence-corrected chi connectivity index (χ4v) is 21.9. The van der Waals surface area contributed by atoms with Crippen LogP contribution in [0.1, 0.15) is 65.7 Å². The molecule has 1 aliphatic rings. The van der Waals surface area contributed by atoms with Crippen LogP contribution in [0.2, 0.25) is 17.7 Å². The van der Waals surface area contributed by atoms with Crippen LogP contribution in [0.3, 0.4) is 0 Å². The van der Waals surface area contributed by atoms with Gasteiger partial charge in [-0.1, -0.05) is 0 Å². The Morgan fingerprint density at radius 3 is 1.86 bits per heavy atom. The van der Waals surface area contributed by atoms with Crippen molar-refractivity contribution in [2.75, 3.05) is 13.2 Å². The Bertz CT molecular complexity index is 271. The zero-order chi connectivity index (χ0) is 16.3. The van der Waals surface area contributed by atoms with E-state index in [2.05, 4.69) is 20.8 Å². The van der Waals surface area contributed by atoms with Crippen LogP contribution in [-0.4, -0.2) is 37.9 Å². The van der Waals surface area contributed by atoms with Gasteiger partial charge >= 0.3 is 143 Å². The quantitative estimate of drug-likeness (QED) is 0.285. The Kier molecular flexibility index (Phi) is 11.1. The summed E-state index contributed by atoms with van der Waals surface area (Å²) in [6.07, 6.45) is 10.2. The molecular formula is C19H38O2Sn. The van der Waals surface area contributed by atoms with Crippen LogP contribution in [0.25, 0.3) is 0 Å². The van der Waals surface area contributed by atoms with Gasteiger partial charge in [-0.15, -0.1) is 0 Å². The Balaban J connectivity index is 2.76. The number of aldehydes is 1. The van der Waals surface area contributed by atoms with Gasteiger partial charge in [-0.05, 0) is 0 Å². The molecule has 0 N–H and O–H groups in total. The molecule has 0 radical (unpaired) electrons. The van der Waals surface area contributed by atoms with Crippen molar-refractivity contribution < 1.29 is 9.53 Å². The monoisotopic (exact) mass is 418 g/mol. The molecule has 0 amide bonds. The van der Waals surface area contributed by atoms with Crippen LogP contribution < -0.4 is 0 Å². The summed E-state index contributed by atoms with van der Waals surface area (Å²) >= 11 is -2.06. The van der Waals surface area contributed by atoms with Gasteiger partial charge in [-0.2, -0.15) is 0 Å². The third-order valence-electron chi connectivity index (χ3n) is 5.61. The van der Waals surface area contributed by atoms with E-state index in [0.717, 1.165) is 25.9 Å². The molecule has 1 heterocycles. The Morgan fingerprint density at radius 1 is 0.909 bits per heavy atom. The number of carbonyl (C=O) groups excluding carboxylic acids is 1. The van der Waals surface area contributed by atoms with E-state index >= 15 is 0 Å². The van der Waals surface area contributed by atoms with Crippen molar-refractivity contribution >= 4 is 24.7 Å². The molecule has 0 unspecified atom stereocenters. The van der Waals surface area contributed by atoms with Crippen molar-refractivity contribution in [2.24, 2.45) is 11.8 Å². The number of unbranched alkanes of at least 4 members (excludes halogenated alkanes) is 3. The number of hydrogen-bond donors (Lipinski definition) is 0. The average molecular weight is 417 g/mol. The molecule has 1 fully saturated rings. The maximum atomic E-state index is 10.9. The molecule has 0 bridgehead atoms. The van der Waals surface area contributed by atoms with Gasteiger partial charge in [0, 0.05) is 0 Å². The number of ether oxygens (including phenoxy) is 1. The summed E-state index contributed by atoms with van der Waals surface area (Å²) in [5.74, 6) is 1.23. The molecule has 1 saturated heterocycles. The zero-order valence-electron chi connectivity index (χ0n) is 15.2. The van der Waals surface area contributed by atoms with Crippen LogP contribution in [0.5, 0.6) is 0 Å². The summed E-state index contributed by atoms with van der Waals surface area (Å²) < 4.78 is 12.0. The molecule has 1 aliphatic heterocycles. The van der Waals surface area contributed by atoms with Gasteiger partial charge < -0.3 is 0 Å². The summed E-state index contributed by atoms with van der Waals surface area (Å²) in [5, 5.41) is 0. The molecule has 0 aromatic carbocycles. The molecule has 130 valence electrons. The standard InChI is InChI=1S/C7H11O2.3C4H9.Sn/c1-6-4-9-5-7(6)2-3-8;3*1-3-4-2;/h3,6-7H,1-2,4-5H2;3*1,3-4H2,2H3;/t6-,7-;;;;/m1..../s1. The van der Waals surface area contributed by atoms with Gasteiger partial charge in [0.15, 0.2) is 0 Å². The van der Waals surface area contributed by atoms with Gasteiger partial charge in [0.25, 0.3) is 0 Å². The Hall–Kier alpha value is 0.429. The van der Waals surface area contributed by atoms with E-state index in [4.69, 9.17) is 4.74 Å². The van der Waals surface area contributed by atoms with Gasteiger partial charge in [-0.25, -0.2) is 0 Å². The first-order valence-electron chi connectivity index (χ1n) is 9.72. The van der Waals surface area contributed by atoms with Gasteiger partial charge in [0.1, 0.15) is 0 Å². The predicted octanol–water partition coefficient (Wildman–Crippen LogP) is 5.69. The third kappa shape index (κ3) is 6.90. The average Bonchev–Trinajstić information content (AvgIpc) is 2.96. The molecule has 0 spiro atoms. The van der Waals surface area contributed by atoms with Crippen molar-refractivity contribution in [1.29, 1.82) is 0 Å². The van der Waals surface area contributed by atoms with E-state index in [1.54, 1.807) is 13.3 Å². The number of hydrogen-bond acceptors (Lipinski definition) is 2. The molecule has 0 aromatic rings. The molecule has 0 aromatic heterocycles. The normalized spacial score (nSPS) is 22.1. The number of carbonyl (C=O) groups is 1. The fraction of sp³-hybridized carbons (Fsp3) is 0.947. The second kappa shape index (κ2) is 11.9. The summed E-state index contributed by atoms with van der Waals surface area (Å²) in [4.78, 5) is 10.9. The summed E-state index contributed by atoms with van der Waals surface area (Å²) in [6, 6.07) is 0. The molecule has 0 aliphatic carbocycles. The minimum absolute atomic E-state index is 0.526. The fourth-order valence-electron chi connectivity index (χ4n) is 4.15. The second-order valence-electron chi connectivity index (χ2n) is 7.47. The first-order chi connectivity index (χ1) is 10.7. The van der Waals surface area contributed by atoms with Crippen LogP contribution in [0, 0.1) is 11.8 Å². The minimum atomic E-state index is -2.06. The van der Waals surface area contributed by atoms with E-state index in [9.17, 15) is 4.79 Å². The van der Waals surface area contributed by atoms with Crippen molar-refractivity contribution in [1.82, 2.24) is 0 Å². The van der Waals surface area contributed by atoms with E-state index < -0.39 is 18.4 Å². The molecule has 1 rings (SSSR count). The molecular weight excluding hydrogens is 379 g/mol. The summed E-state index contributed by atoms with van der Waals surface area (Å²) in [5.41, 5.74) is 0. The van der Waals surface area contributed by atoms with Crippen LogP contribution in [-0.2, 0) is 9.53 Å². The van der Waals surface area contributed by atoms with Gasteiger partial charge in [-0.3, -0.25) is 0 Å². The van der Waals surface area contributed by atoms with Crippen LogP contribution in [0.15, 0.2) is 0 Å². The van der Waals surface area contributed by atoms with Crippen LogP contribution in [0.4, 0.5) is 0 Å². The molecule has 0 saturated carbocycles. The third-order valence-corrected chi connectivity index (χ3v) is 21.7. The molecule has 22 heavy (non-hydrogen) atoms. The molecule has 3 heteroatoms. The zero-order valence-corrected chi connectivity index (χ0v) is 18.1. The second-order valence-corrected chi connectivity index (χ2v) is 21.5. The predicted molar refractivity (Wildman–Crippen MR) is 98.2 cm³/mol. The van der Waals surface area contributed by atoms with E-state index in [1.807, 2.05) is 0 Å². The Morgan fingerprint density at radius 2 is 1.41 bits per heavy atom. The SMILES string of the molecule is CCC[CH2][Sn]([CH2]CCC)([CH2]CCC)[CH2][C@@H]1COC[C@H]1CC=O. The van der Waals surface area contributed by atoms with Gasteiger partial charge in [0.05, 0.1) is 0 Å². The molecule has 2 atom stereocenters. The van der Waals surface area contributed by atoms with Crippen molar-refractivity contribution in [2.45, 2.75) is 83.5 Å². The Labute approximate surface area is 142 Å². The van der Waals surface area contributed by atoms with Gasteiger partial charge in [0.2, 0.25) is 0 Å².